The number of hydrogen-bond acceptors (Lipinski definition) is 7. The predicted octanol–water partition coefficient (Wildman–Crippen LogP) is 0.897. The number of nitrogens with one attached hydrogen (secondary N) is 2. The Bertz CT molecular complexity index is 1090. The number of carbonyl (C=O) groups is 2. The molecule has 2 heterocycles. The second-order valence-corrected chi connectivity index (χ2v) is 6.56. The maximum atomic E-state index is 12.2. The molecule has 0 radical (unpaired) electrons. The third-order valence-corrected chi connectivity index (χ3v) is 4.47. The maximum absolute atomic E-state index is 12.2. The SMILES string of the molecule is CCCn1c(O)c(C=NNC(=O)CN2C(=O)COc3ccccc32)c(=O)[nH]c1=S. The Hall–Kier alpha value is -3.47. The molecule has 152 valence electrons. The number of rotatable bonds is 6. The lowest BCUT2D eigenvalue weighted by Gasteiger charge is -2.28. The predicted molar refractivity (Wildman–Crippen MR) is 108 cm³/mol. The van der Waals surface area contributed by atoms with Gasteiger partial charge in [0.2, 0.25) is 5.88 Å². The van der Waals surface area contributed by atoms with Crippen molar-refractivity contribution in [3.63, 3.8) is 0 Å². The van der Waals surface area contributed by atoms with E-state index in [1.54, 1.807) is 24.3 Å². The van der Waals surface area contributed by atoms with Crippen molar-refractivity contribution in [2.45, 2.75) is 19.9 Å². The minimum absolute atomic E-state index is 0.0973. The first kappa shape index (κ1) is 20.3. The molecule has 0 aliphatic carbocycles. The zero-order valence-corrected chi connectivity index (χ0v) is 16.4. The van der Waals surface area contributed by atoms with Gasteiger partial charge in [0.15, 0.2) is 11.4 Å². The quantitative estimate of drug-likeness (QED) is 0.364. The number of hydrogen-bond donors (Lipinski definition) is 3. The number of aromatic amines is 1. The first-order valence-corrected chi connectivity index (χ1v) is 9.23. The van der Waals surface area contributed by atoms with Crippen LogP contribution >= 0.6 is 12.2 Å². The standard InChI is InChI=1S/C18H19N5O5S/c1-2-7-22-17(27)11(16(26)20-18(22)29)8-19-21-14(24)9-23-12-5-3-4-6-13(12)28-10-15(23)25/h3-6,8,27H,2,7,9-10H2,1H3,(H,21,24)(H,20,26,29). The van der Waals surface area contributed by atoms with E-state index in [1.807, 2.05) is 6.92 Å². The molecule has 0 unspecified atom stereocenters. The van der Waals surface area contributed by atoms with Gasteiger partial charge < -0.3 is 9.84 Å². The Kier molecular flexibility index (Phi) is 6.07. The van der Waals surface area contributed by atoms with Crippen LogP contribution in [-0.4, -0.2) is 45.8 Å². The summed E-state index contributed by atoms with van der Waals surface area (Å²) in [5.74, 6) is -0.776. The van der Waals surface area contributed by atoms with Gasteiger partial charge in [-0.1, -0.05) is 19.1 Å². The van der Waals surface area contributed by atoms with Crippen molar-refractivity contribution in [1.82, 2.24) is 15.0 Å². The van der Waals surface area contributed by atoms with Gasteiger partial charge in [0.1, 0.15) is 17.9 Å². The Labute approximate surface area is 170 Å². The number of H-pyrrole nitrogens is 1. The van der Waals surface area contributed by atoms with E-state index < -0.39 is 11.5 Å². The molecule has 2 amide bonds. The van der Waals surface area contributed by atoms with E-state index in [1.165, 1.54) is 9.47 Å². The van der Waals surface area contributed by atoms with E-state index in [0.717, 1.165) is 6.21 Å². The minimum atomic E-state index is -0.630. The third-order valence-electron chi connectivity index (χ3n) is 4.15. The van der Waals surface area contributed by atoms with Gasteiger partial charge in [-0.15, -0.1) is 0 Å². The molecule has 0 saturated carbocycles. The molecule has 1 aromatic heterocycles. The summed E-state index contributed by atoms with van der Waals surface area (Å²) >= 11 is 5.03. The molecule has 0 fully saturated rings. The van der Waals surface area contributed by atoms with Crippen molar-refractivity contribution >= 4 is 35.9 Å². The smallest absolute Gasteiger partial charge is 0.265 e. The summed E-state index contributed by atoms with van der Waals surface area (Å²) in [4.78, 5) is 40.1. The van der Waals surface area contributed by atoms with Gasteiger partial charge in [-0.25, -0.2) is 5.43 Å². The average Bonchev–Trinajstić information content (AvgIpc) is 2.70. The van der Waals surface area contributed by atoms with Crippen LogP contribution in [0.3, 0.4) is 0 Å². The maximum Gasteiger partial charge on any atom is 0.265 e. The number of amides is 2. The van der Waals surface area contributed by atoms with Crippen LogP contribution in [0.25, 0.3) is 0 Å². The zero-order valence-electron chi connectivity index (χ0n) is 15.5. The van der Waals surface area contributed by atoms with Gasteiger partial charge in [0.05, 0.1) is 11.9 Å². The van der Waals surface area contributed by atoms with E-state index in [-0.39, 0.29) is 35.3 Å². The lowest BCUT2D eigenvalue weighted by molar-refractivity contribution is -0.125. The van der Waals surface area contributed by atoms with Crippen LogP contribution in [0, 0.1) is 4.77 Å². The number of aromatic hydroxyl groups is 1. The van der Waals surface area contributed by atoms with Gasteiger partial charge in [-0.05, 0) is 30.8 Å². The highest BCUT2D eigenvalue weighted by atomic mass is 32.1. The summed E-state index contributed by atoms with van der Waals surface area (Å²) in [5, 5.41) is 14.0. The van der Waals surface area contributed by atoms with Crippen LogP contribution in [0.4, 0.5) is 5.69 Å². The van der Waals surface area contributed by atoms with Gasteiger partial charge in [-0.2, -0.15) is 5.10 Å². The Morgan fingerprint density at radius 1 is 1.41 bits per heavy atom. The number of nitrogens with zero attached hydrogens (tertiary/aromatic N) is 3. The van der Waals surface area contributed by atoms with E-state index in [9.17, 15) is 19.5 Å². The van der Waals surface area contributed by atoms with Gasteiger partial charge in [0, 0.05) is 6.54 Å². The fourth-order valence-corrected chi connectivity index (χ4v) is 3.07. The molecule has 0 atom stereocenters. The molecule has 11 heteroatoms. The molecule has 29 heavy (non-hydrogen) atoms. The average molecular weight is 417 g/mol. The van der Waals surface area contributed by atoms with Crippen LogP contribution in [0.2, 0.25) is 0 Å². The molecule has 1 aromatic carbocycles. The molecular formula is C18H19N5O5S. The number of para-hydroxylation sites is 2. The molecular weight excluding hydrogens is 398 g/mol. The summed E-state index contributed by atoms with van der Waals surface area (Å²) in [7, 11) is 0. The summed E-state index contributed by atoms with van der Waals surface area (Å²) in [5.41, 5.74) is 1.96. The van der Waals surface area contributed by atoms with Crippen LogP contribution < -0.4 is 20.6 Å². The van der Waals surface area contributed by atoms with Crippen molar-refractivity contribution < 1.29 is 19.4 Å². The van der Waals surface area contributed by atoms with Crippen LogP contribution in [0.15, 0.2) is 34.2 Å². The third kappa shape index (κ3) is 4.35. The Morgan fingerprint density at radius 3 is 2.93 bits per heavy atom. The van der Waals surface area contributed by atoms with Crippen LogP contribution in [-0.2, 0) is 16.1 Å². The lowest BCUT2D eigenvalue weighted by Crippen LogP contribution is -2.44. The van der Waals surface area contributed by atoms with E-state index in [4.69, 9.17) is 17.0 Å². The van der Waals surface area contributed by atoms with Crippen molar-refractivity contribution in [3.8, 4) is 11.6 Å². The first-order chi connectivity index (χ1) is 13.9. The molecule has 3 rings (SSSR count). The Balaban J connectivity index is 1.73. The second-order valence-electron chi connectivity index (χ2n) is 6.18. The van der Waals surface area contributed by atoms with Gasteiger partial charge >= 0.3 is 0 Å². The van der Waals surface area contributed by atoms with Gasteiger partial charge in [-0.3, -0.25) is 28.8 Å². The molecule has 0 spiro atoms. The topological polar surface area (TPSA) is 129 Å². The monoisotopic (exact) mass is 417 g/mol. The van der Waals surface area contributed by atoms with Crippen molar-refractivity contribution in [2.24, 2.45) is 5.10 Å². The fourth-order valence-electron chi connectivity index (χ4n) is 2.80. The van der Waals surface area contributed by atoms with Crippen molar-refractivity contribution in [1.29, 1.82) is 0 Å². The number of benzene rings is 1. The molecule has 10 nitrogen and oxygen atoms in total. The summed E-state index contributed by atoms with van der Waals surface area (Å²) in [6.07, 6.45) is 1.72. The first-order valence-electron chi connectivity index (χ1n) is 8.82. The number of hydrazone groups is 1. The van der Waals surface area contributed by atoms with Crippen LogP contribution in [0.1, 0.15) is 18.9 Å². The number of anilines is 1. The van der Waals surface area contributed by atoms with E-state index in [2.05, 4.69) is 15.5 Å². The van der Waals surface area contributed by atoms with E-state index >= 15 is 0 Å². The highest BCUT2D eigenvalue weighted by Crippen LogP contribution is 2.31. The number of aromatic nitrogens is 2. The minimum Gasteiger partial charge on any atom is -0.494 e. The number of fused-ring (bicyclic) bond motifs is 1. The normalized spacial score (nSPS) is 13.3. The highest BCUT2D eigenvalue weighted by molar-refractivity contribution is 7.71. The Morgan fingerprint density at radius 2 is 2.17 bits per heavy atom. The second kappa shape index (κ2) is 8.69. The molecule has 3 N–H and O–H groups in total. The molecule has 1 aliphatic rings. The molecule has 0 saturated heterocycles. The lowest BCUT2D eigenvalue weighted by atomic mass is 10.2. The van der Waals surface area contributed by atoms with Crippen LogP contribution in [0.5, 0.6) is 11.6 Å². The molecule has 1 aliphatic heterocycles. The van der Waals surface area contributed by atoms with Gasteiger partial charge in [0.25, 0.3) is 17.4 Å². The fraction of sp³-hybridized carbons (Fsp3) is 0.278. The number of ether oxygens (including phenoxy) is 1. The van der Waals surface area contributed by atoms with E-state index in [0.29, 0.717) is 24.4 Å². The molecule has 0 bridgehead atoms. The zero-order chi connectivity index (χ0) is 21.0. The summed E-state index contributed by atoms with van der Waals surface area (Å²) in [6, 6.07) is 6.87. The number of carbonyl (C=O) groups excluding carboxylic acids is 2. The van der Waals surface area contributed by atoms with Crippen molar-refractivity contribution in [3.05, 3.63) is 45.0 Å². The molecule has 2 aromatic rings. The summed E-state index contributed by atoms with van der Waals surface area (Å²) < 4.78 is 6.79. The summed E-state index contributed by atoms with van der Waals surface area (Å²) in [6.45, 7) is 1.86. The largest absolute Gasteiger partial charge is 0.494 e. The van der Waals surface area contributed by atoms with Crippen molar-refractivity contribution in [2.75, 3.05) is 18.1 Å². The highest BCUT2D eigenvalue weighted by Gasteiger charge is 2.26.